The van der Waals surface area contributed by atoms with Gasteiger partial charge >= 0.3 is 0 Å². The van der Waals surface area contributed by atoms with Crippen LogP contribution >= 0.6 is 0 Å². The minimum absolute atomic E-state index is 0.0788. The van der Waals surface area contributed by atoms with Gasteiger partial charge in [-0.3, -0.25) is 9.59 Å². The molecule has 0 aliphatic heterocycles. The summed E-state index contributed by atoms with van der Waals surface area (Å²) in [6.45, 7) is 3.62. The Hall–Kier alpha value is -2.89. The molecule has 2 aromatic rings. The normalized spacial score (nSPS) is 10.0. The summed E-state index contributed by atoms with van der Waals surface area (Å²) in [4.78, 5) is 27.7. The smallest absolute Gasteiger partial charge is 0.256 e. The summed E-state index contributed by atoms with van der Waals surface area (Å²) >= 11 is 0. The predicted molar refractivity (Wildman–Crippen MR) is 88.8 cm³/mol. The van der Waals surface area contributed by atoms with Gasteiger partial charge in [-0.2, -0.15) is 0 Å². The number of aromatic nitrogens is 1. The Labute approximate surface area is 134 Å². The number of nitrogens with zero attached hydrogens (tertiary/aromatic N) is 1. The predicted octanol–water partition coefficient (Wildman–Crippen LogP) is 3.00. The van der Waals surface area contributed by atoms with E-state index >= 15 is 0 Å². The number of hydrogen-bond donors (Lipinski definition) is 2. The van der Waals surface area contributed by atoms with Crippen LogP contribution in [0.1, 0.15) is 29.3 Å². The van der Waals surface area contributed by atoms with Crippen LogP contribution in [0.5, 0.6) is 5.75 Å². The van der Waals surface area contributed by atoms with Crippen molar-refractivity contribution in [1.29, 1.82) is 0 Å². The van der Waals surface area contributed by atoms with Crippen LogP contribution in [0.25, 0.3) is 0 Å². The van der Waals surface area contributed by atoms with Crippen molar-refractivity contribution < 1.29 is 14.3 Å². The summed E-state index contributed by atoms with van der Waals surface area (Å²) in [5.41, 5.74) is 1.97. The second-order valence-electron chi connectivity index (χ2n) is 4.97. The maximum absolute atomic E-state index is 12.2. The lowest BCUT2D eigenvalue weighted by Crippen LogP contribution is -2.14. The lowest BCUT2D eigenvalue weighted by molar-refractivity contribution is -0.115. The van der Waals surface area contributed by atoms with Crippen molar-refractivity contribution in [1.82, 2.24) is 4.98 Å². The fraction of sp³-hybridized carbons (Fsp3) is 0.235. The summed E-state index contributed by atoms with van der Waals surface area (Å²) < 4.78 is 5.06. The van der Waals surface area contributed by atoms with Crippen LogP contribution in [0, 0.1) is 6.92 Å². The summed E-state index contributed by atoms with van der Waals surface area (Å²) in [6.07, 6.45) is 1.93. The van der Waals surface area contributed by atoms with Gasteiger partial charge in [0.05, 0.1) is 19.0 Å². The highest BCUT2D eigenvalue weighted by atomic mass is 16.5. The Morgan fingerprint density at radius 3 is 2.43 bits per heavy atom. The molecule has 0 spiro atoms. The number of aryl methyl sites for hydroxylation is 1. The molecule has 0 saturated heterocycles. The molecule has 0 radical (unpaired) electrons. The zero-order chi connectivity index (χ0) is 16.8. The van der Waals surface area contributed by atoms with E-state index in [1.165, 1.54) is 6.20 Å². The van der Waals surface area contributed by atoms with Crippen molar-refractivity contribution in [3.05, 3.63) is 47.7 Å². The Morgan fingerprint density at radius 2 is 1.87 bits per heavy atom. The molecule has 1 heterocycles. The molecule has 2 amide bonds. The van der Waals surface area contributed by atoms with Crippen molar-refractivity contribution >= 4 is 23.3 Å². The van der Waals surface area contributed by atoms with E-state index in [2.05, 4.69) is 15.6 Å². The van der Waals surface area contributed by atoms with E-state index in [0.717, 1.165) is 5.56 Å². The van der Waals surface area contributed by atoms with E-state index in [0.29, 0.717) is 29.2 Å². The monoisotopic (exact) mass is 313 g/mol. The fourth-order valence-electron chi connectivity index (χ4n) is 1.92. The number of anilines is 2. The molecule has 0 saturated carbocycles. The zero-order valence-electron chi connectivity index (χ0n) is 13.3. The highest BCUT2D eigenvalue weighted by Gasteiger charge is 2.09. The molecular weight excluding hydrogens is 294 g/mol. The van der Waals surface area contributed by atoms with Crippen LogP contribution in [0.2, 0.25) is 0 Å². The first-order valence-corrected chi connectivity index (χ1v) is 7.25. The van der Waals surface area contributed by atoms with Gasteiger partial charge in [0.1, 0.15) is 11.6 Å². The van der Waals surface area contributed by atoms with Gasteiger partial charge in [-0.25, -0.2) is 4.98 Å². The standard InChI is InChI=1S/C17H19N3O3/c1-4-16(21)19-14-10-18-15(9-11(14)2)20-17(22)12-5-7-13(23-3)8-6-12/h5-10H,4H2,1-3H3,(H,19,21)(H,18,20,22). The van der Waals surface area contributed by atoms with Gasteiger partial charge < -0.3 is 15.4 Å². The highest BCUT2D eigenvalue weighted by Crippen LogP contribution is 2.18. The van der Waals surface area contributed by atoms with Crippen LogP contribution in [0.15, 0.2) is 36.5 Å². The van der Waals surface area contributed by atoms with E-state index < -0.39 is 0 Å². The van der Waals surface area contributed by atoms with Gasteiger partial charge in [0.25, 0.3) is 5.91 Å². The summed E-state index contributed by atoms with van der Waals surface area (Å²) in [7, 11) is 1.57. The first-order chi connectivity index (χ1) is 11.0. The van der Waals surface area contributed by atoms with Gasteiger partial charge in [-0.05, 0) is 42.8 Å². The van der Waals surface area contributed by atoms with Gasteiger partial charge in [-0.1, -0.05) is 6.92 Å². The van der Waals surface area contributed by atoms with Crippen LogP contribution in [0.4, 0.5) is 11.5 Å². The zero-order valence-corrected chi connectivity index (χ0v) is 13.3. The quantitative estimate of drug-likeness (QED) is 0.889. The van der Waals surface area contributed by atoms with E-state index in [9.17, 15) is 9.59 Å². The van der Waals surface area contributed by atoms with E-state index in [1.54, 1.807) is 44.4 Å². The van der Waals surface area contributed by atoms with Crippen molar-refractivity contribution in [3.63, 3.8) is 0 Å². The number of nitrogens with one attached hydrogen (secondary N) is 2. The minimum atomic E-state index is -0.259. The van der Waals surface area contributed by atoms with E-state index in [-0.39, 0.29) is 11.8 Å². The number of methoxy groups -OCH3 is 1. The lowest BCUT2D eigenvalue weighted by atomic mass is 10.2. The fourth-order valence-corrected chi connectivity index (χ4v) is 1.92. The lowest BCUT2D eigenvalue weighted by Gasteiger charge is -2.10. The van der Waals surface area contributed by atoms with Crippen molar-refractivity contribution in [2.75, 3.05) is 17.7 Å². The third kappa shape index (κ3) is 4.29. The van der Waals surface area contributed by atoms with Gasteiger partial charge in [-0.15, -0.1) is 0 Å². The molecule has 23 heavy (non-hydrogen) atoms. The SMILES string of the molecule is CCC(=O)Nc1cnc(NC(=O)c2ccc(OC)cc2)cc1C. The molecule has 6 heteroatoms. The third-order valence-electron chi connectivity index (χ3n) is 3.30. The average Bonchev–Trinajstić information content (AvgIpc) is 2.57. The topological polar surface area (TPSA) is 80.3 Å². The van der Waals surface area contributed by atoms with Gasteiger partial charge in [0.15, 0.2) is 0 Å². The Morgan fingerprint density at radius 1 is 1.17 bits per heavy atom. The van der Waals surface area contributed by atoms with Crippen molar-refractivity contribution in [3.8, 4) is 5.75 Å². The number of carbonyl (C=O) groups is 2. The Bertz CT molecular complexity index is 712. The van der Waals surface area contributed by atoms with Crippen LogP contribution < -0.4 is 15.4 Å². The third-order valence-corrected chi connectivity index (χ3v) is 3.30. The molecule has 6 nitrogen and oxygen atoms in total. The molecule has 0 bridgehead atoms. The summed E-state index contributed by atoms with van der Waals surface area (Å²) in [5.74, 6) is 0.777. The average molecular weight is 313 g/mol. The molecule has 1 aromatic carbocycles. The Kier molecular flexibility index (Phi) is 5.30. The molecule has 0 aliphatic rings. The first-order valence-electron chi connectivity index (χ1n) is 7.25. The number of ether oxygens (including phenoxy) is 1. The van der Waals surface area contributed by atoms with Gasteiger partial charge in [0.2, 0.25) is 5.91 Å². The van der Waals surface area contributed by atoms with Crippen LogP contribution in [0.3, 0.4) is 0 Å². The maximum atomic E-state index is 12.2. The highest BCUT2D eigenvalue weighted by molar-refractivity contribution is 6.04. The molecule has 0 unspecified atom stereocenters. The second-order valence-corrected chi connectivity index (χ2v) is 4.97. The number of benzene rings is 1. The number of amides is 2. The molecular formula is C17H19N3O3. The van der Waals surface area contributed by atoms with E-state index in [4.69, 9.17) is 4.74 Å². The second kappa shape index (κ2) is 7.40. The van der Waals surface area contributed by atoms with Gasteiger partial charge in [0, 0.05) is 12.0 Å². The summed E-state index contributed by atoms with van der Waals surface area (Å²) in [5, 5.41) is 5.48. The minimum Gasteiger partial charge on any atom is -0.497 e. The molecule has 0 atom stereocenters. The largest absolute Gasteiger partial charge is 0.497 e. The molecule has 120 valence electrons. The van der Waals surface area contributed by atoms with Crippen LogP contribution in [-0.2, 0) is 4.79 Å². The Balaban J connectivity index is 2.08. The van der Waals surface area contributed by atoms with Crippen molar-refractivity contribution in [2.45, 2.75) is 20.3 Å². The molecule has 2 N–H and O–H groups in total. The molecule has 0 aliphatic carbocycles. The number of rotatable bonds is 5. The molecule has 0 fully saturated rings. The molecule has 2 rings (SSSR count). The number of carbonyl (C=O) groups excluding carboxylic acids is 2. The van der Waals surface area contributed by atoms with E-state index in [1.807, 2.05) is 6.92 Å². The number of hydrogen-bond acceptors (Lipinski definition) is 4. The van der Waals surface area contributed by atoms with Crippen LogP contribution in [-0.4, -0.2) is 23.9 Å². The summed E-state index contributed by atoms with van der Waals surface area (Å²) in [6, 6.07) is 8.51. The number of pyridine rings is 1. The van der Waals surface area contributed by atoms with Crippen molar-refractivity contribution in [2.24, 2.45) is 0 Å². The molecule has 1 aromatic heterocycles. The maximum Gasteiger partial charge on any atom is 0.256 e. The first kappa shape index (κ1) is 16.5.